The second-order valence-electron chi connectivity index (χ2n) is 5.43. The maximum absolute atomic E-state index is 9.70. The van der Waals surface area contributed by atoms with E-state index in [1.807, 2.05) is 6.92 Å². The van der Waals surface area contributed by atoms with Crippen molar-refractivity contribution < 1.29 is 9.84 Å². The maximum Gasteiger partial charge on any atom is 0.323 e. The summed E-state index contributed by atoms with van der Waals surface area (Å²) in [7, 11) is 1.76. The van der Waals surface area contributed by atoms with Crippen molar-refractivity contribution in [1.82, 2.24) is 15.0 Å². The monoisotopic (exact) mass is 295 g/mol. The molecule has 2 rings (SSSR count). The highest BCUT2D eigenvalue weighted by molar-refractivity contribution is 5.35. The summed E-state index contributed by atoms with van der Waals surface area (Å²) in [6.45, 7) is 3.38. The lowest BCUT2D eigenvalue weighted by Crippen LogP contribution is -2.25. The zero-order chi connectivity index (χ0) is 15.1. The lowest BCUT2D eigenvalue weighted by molar-refractivity contribution is 0.104. The number of nitrogens with zero attached hydrogens (tertiary/aromatic N) is 3. The minimum atomic E-state index is -0.166. The number of aliphatic hydroxyl groups excluding tert-OH is 1. The molecule has 0 spiro atoms. The molecule has 0 aliphatic heterocycles. The molecule has 2 atom stereocenters. The van der Waals surface area contributed by atoms with Crippen LogP contribution in [0, 0.1) is 5.92 Å². The van der Waals surface area contributed by atoms with Crippen LogP contribution < -0.4 is 15.4 Å². The number of aliphatic hydroxyl groups is 1. The van der Waals surface area contributed by atoms with E-state index in [1.54, 1.807) is 7.05 Å². The van der Waals surface area contributed by atoms with Crippen LogP contribution in [0.4, 0.5) is 11.9 Å². The van der Waals surface area contributed by atoms with Crippen molar-refractivity contribution in [3.63, 3.8) is 0 Å². The SMILES string of the molecule is CCCOc1nc(NC)nc(NCC2CCCC(O)C2)n1. The van der Waals surface area contributed by atoms with E-state index in [1.165, 1.54) is 0 Å². The molecule has 0 amide bonds. The topological polar surface area (TPSA) is 92.2 Å². The molecule has 1 heterocycles. The largest absolute Gasteiger partial charge is 0.463 e. The second-order valence-corrected chi connectivity index (χ2v) is 5.43. The third-order valence-corrected chi connectivity index (χ3v) is 3.58. The molecule has 118 valence electrons. The zero-order valence-electron chi connectivity index (χ0n) is 12.8. The first kappa shape index (κ1) is 15.8. The Balaban J connectivity index is 1.94. The molecule has 1 aliphatic rings. The van der Waals surface area contributed by atoms with Gasteiger partial charge in [-0.1, -0.05) is 13.3 Å². The minimum Gasteiger partial charge on any atom is -0.463 e. The third-order valence-electron chi connectivity index (χ3n) is 3.58. The number of hydrogen-bond acceptors (Lipinski definition) is 7. The van der Waals surface area contributed by atoms with Gasteiger partial charge in [0.1, 0.15) is 0 Å². The van der Waals surface area contributed by atoms with Crippen molar-refractivity contribution in [2.75, 3.05) is 30.8 Å². The van der Waals surface area contributed by atoms with Gasteiger partial charge in [0.05, 0.1) is 12.7 Å². The summed E-state index contributed by atoms with van der Waals surface area (Å²) in [4.78, 5) is 12.7. The molecule has 0 bridgehead atoms. The Morgan fingerprint density at radius 3 is 2.76 bits per heavy atom. The first-order valence-electron chi connectivity index (χ1n) is 7.69. The van der Waals surface area contributed by atoms with Crippen LogP contribution in [-0.4, -0.2) is 46.4 Å². The van der Waals surface area contributed by atoms with E-state index in [2.05, 4.69) is 25.6 Å². The zero-order valence-corrected chi connectivity index (χ0v) is 12.8. The Hall–Kier alpha value is -1.63. The molecule has 0 aromatic carbocycles. The van der Waals surface area contributed by atoms with Crippen molar-refractivity contribution in [1.29, 1.82) is 0 Å². The van der Waals surface area contributed by atoms with Gasteiger partial charge in [0.2, 0.25) is 11.9 Å². The maximum atomic E-state index is 9.70. The molecular weight excluding hydrogens is 270 g/mol. The first-order valence-corrected chi connectivity index (χ1v) is 7.69. The molecule has 7 heteroatoms. The number of nitrogens with one attached hydrogen (secondary N) is 2. The highest BCUT2D eigenvalue weighted by atomic mass is 16.5. The average Bonchev–Trinajstić information content (AvgIpc) is 2.51. The number of aromatic nitrogens is 3. The molecule has 1 aliphatic carbocycles. The second kappa shape index (κ2) is 7.97. The van der Waals surface area contributed by atoms with Crippen LogP contribution in [0.5, 0.6) is 6.01 Å². The highest BCUT2D eigenvalue weighted by Gasteiger charge is 2.20. The predicted octanol–water partition coefficient (Wildman–Crippen LogP) is 1.67. The molecule has 1 aromatic rings. The normalized spacial score (nSPS) is 21.9. The Morgan fingerprint density at radius 2 is 2.05 bits per heavy atom. The van der Waals surface area contributed by atoms with Crippen LogP contribution in [0.2, 0.25) is 0 Å². The van der Waals surface area contributed by atoms with Gasteiger partial charge in [-0.05, 0) is 31.6 Å². The summed E-state index contributed by atoms with van der Waals surface area (Å²) < 4.78 is 5.46. The van der Waals surface area contributed by atoms with Gasteiger partial charge in [0.25, 0.3) is 0 Å². The van der Waals surface area contributed by atoms with Crippen molar-refractivity contribution in [2.24, 2.45) is 5.92 Å². The summed E-state index contributed by atoms with van der Waals surface area (Å²) in [5, 5.41) is 15.8. The van der Waals surface area contributed by atoms with Gasteiger partial charge in [-0.2, -0.15) is 15.0 Å². The highest BCUT2D eigenvalue weighted by Crippen LogP contribution is 2.24. The fourth-order valence-electron chi connectivity index (χ4n) is 2.49. The smallest absolute Gasteiger partial charge is 0.323 e. The molecule has 0 radical (unpaired) electrons. The van der Waals surface area contributed by atoms with Gasteiger partial charge in [0, 0.05) is 13.6 Å². The predicted molar refractivity (Wildman–Crippen MR) is 81.6 cm³/mol. The van der Waals surface area contributed by atoms with Crippen LogP contribution >= 0.6 is 0 Å². The van der Waals surface area contributed by atoms with E-state index in [4.69, 9.17) is 4.74 Å². The fourth-order valence-corrected chi connectivity index (χ4v) is 2.49. The molecule has 1 fully saturated rings. The van der Waals surface area contributed by atoms with E-state index >= 15 is 0 Å². The van der Waals surface area contributed by atoms with Crippen molar-refractivity contribution in [3.05, 3.63) is 0 Å². The number of ether oxygens (including phenoxy) is 1. The van der Waals surface area contributed by atoms with Crippen LogP contribution in [0.15, 0.2) is 0 Å². The van der Waals surface area contributed by atoms with Crippen molar-refractivity contribution in [2.45, 2.75) is 45.1 Å². The van der Waals surface area contributed by atoms with Crippen LogP contribution in [0.1, 0.15) is 39.0 Å². The summed E-state index contributed by atoms with van der Waals surface area (Å²) >= 11 is 0. The summed E-state index contributed by atoms with van der Waals surface area (Å²) in [6, 6.07) is 0.336. The number of hydrogen-bond donors (Lipinski definition) is 3. The molecule has 3 N–H and O–H groups in total. The summed E-state index contributed by atoms with van der Waals surface area (Å²) in [6.07, 6.45) is 4.71. The van der Waals surface area contributed by atoms with Gasteiger partial charge >= 0.3 is 6.01 Å². The van der Waals surface area contributed by atoms with Gasteiger partial charge in [0.15, 0.2) is 0 Å². The van der Waals surface area contributed by atoms with E-state index in [9.17, 15) is 5.11 Å². The Bertz CT molecular complexity index is 443. The molecule has 2 unspecified atom stereocenters. The van der Waals surface area contributed by atoms with Gasteiger partial charge in [-0.25, -0.2) is 0 Å². The van der Waals surface area contributed by atoms with E-state index in [0.29, 0.717) is 30.4 Å². The summed E-state index contributed by atoms with van der Waals surface area (Å²) in [5.74, 6) is 1.46. The van der Waals surface area contributed by atoms with Crippen LogP contribution in [0.3, 0.4) is 0 Å². The van der Waals surface area contributed by atoms with Crippen molar-refractivity contribution >= 4 is 11.9 Å². The fraction of sp³-hybridized carbons (Fsp3) is 0.786. The van der Waals surface area contributed by atoms with E-state index in [-0.39, 0.29) is 6.10 Å². The number of rotatable bonds is 7. The molecule has 21 heavy (non-hydrogen) atoms. The Labute approximate surface area is 125 Å². The third kappa shape index (κ3) is 5.00. The Kier molecular flexibility index (Phi) is 5.98. The molecule has 7 nitrogen and oxygen atoms in total. The van der Waals surface area contributed by atoms with Gasteiger partial charge in [-0.15, -0.1) is 0 Å². The van der Waals surface area contributed by atoms with Crippen LogP contribution in [0.25, 0.3) is 0 Å². The lowest BCUT2D eigenvalue weighted by Gasteiger charge is -2.25. The summed E-state index contributed by atoms with van der Waals surface area (Å²) in [5.41, 5.74) is 0. The van der Waals surface area contributed by atoms with E-state index < -0.39 is 0 Å². The quantitative estimate of drug-likeness (QED) is 0.704. The minimum absolute atomic E-state index is 0.166. The number of anilines is 2. The molecule has 0 saturated heterocycles. The standard InChI is InChI=1S/C14H25N5O2/c1-3-7-21-14-18-12(15-2)17-13(19-14)16-9-10-5-4-6-11(20)8-10/h10-11,20H,3-9H2,1-2H3,(H2,15,16,17,18,19). The Morgan fingerprint density at radius 1 is 1.24 bits per heavy atom. The average molecular weight is 295 g/mol. The first-order chi connectivity index (χ1) is 10.2. The molecule has 1 aromatic heterocycles. The van der Waals surface area contributed by atoms with Crippen molar-refractivity contribution in [3.8, 4) is 6.01 Å². The van der Waals surface area contributed by atoms with E-state index in [0.717, 1.165) is 38.6 Å². The molecular formula is C14H25N5O2. The van der Waals surface area contributed by atoms with Gasteiger partial charge < -0.3 is 20.5 Å². The lowest BCUT2D eigenvalue weighted by atomic mass is 9.87. The van der Waals surface area contributed by atoms with Gasteiger partial charge in [-0.3, -0.25) is 0 Å². The molecule has 1 saturated carbocycles. The van der Waals surface area contributed by atoms with Crippen LogP contribution in [-0.2, 0) is 0 Å².